The second kappa shape index (κ2) is 7.77. The Morgan fingerprint density at radius 3 is 2.65 bits per heavy atom. The summed E-state index contributed by atoms with van der Waals surface area (Å²) < 4.78 is 0.767. The van der Waals surface area contributed by atoms with Crippen molar-refractivity contribution in [3.63, 3.8) is 0 Å². The molecule has 0 saturated heterocycles. The van der Waals surface area contributed by atoms with Crippen LogP contribution in [0.5, 0.6) is 0 Å². The first-order valence-electron chi connectivity index (χ1n) is 6.77. The molecule has 2 aromatic carbocycles. The van der Waals surface area contributed by atoms with Crippen molar-refractivity contribution < 1.29 is 4.79 Å². The SMILES string of the molecule is Cc1cccc(NC(=S)NNC(=O)c2cc(Br)ccc2Cl)c1C. The summed E-state index contributed by atoms with van der Waals surface area (Å²) in [6.07, 6.45) is 0. The molecule has 0 spiro atoms. The molecule has 3 N–H and O–H groups in total. The third-order valence-corrected chi connectivity index (χ3v) is 4.34. The Bertz CT molecular complexity index is 767. The normalized spacial score (nSPS) is 10.1. The van der Waals surface area contributed by atoms with Gasteiger partial charge in [0.2, 0.25) is 0 Å². The minimum Gasteiger partial charge on any atom is -0.331 e. The zero-order chi connectivity index (χ0) is 17.0. The third kappa shape index (κ3) is 4.67. The number of carbonyl (C=O) groups is 1. The van der Waals surface area contributed by atoms with E-state index in [0.29, 0.717) is 10.6 Å². The summed E-state index contributed by atoms with van der Waals surface area (Å²) in [5.74, 6) is -0.374. The number of hydrazine groups is 1. The summed E-state index contributed by atoms with van der Waals surface area (Å²) in [4.78, 5) is 12.1. The van der Waals surface area contributed by atoms with Crippen LogP contribution in [0.4, 0.5) is 5.69 Å². The maximum atomic E-state index is 12.1. The minimum absolute atomic E-state index is 0.290. The number of hydrogen-bond acceptors (Lipinski definition) is 2. The molecule has 2 rings (SSSR count). The van der Waals surface area contributed by atoms with Gasteiger partial charge >= 0.3 is 0 Å². The van der Waals surface area contributed by atoms with E-state index in [-0.39, 0.29) is 11.0 Å². The molecule has 0 aliphatic rings. The molecule has 0 atom stereocenters. The molecule has 0 unspecified atom stereocenters. The largest absolute Gasteiger partial charge is 0.331 e. The Morgan fingerprint density at radius 2 is 1.91 bits per heavy atom. The molecule has 0 radical (unpaired) electrons. The molecule has 7 heteroatoms. The van der Waals surface area contributed by atoms with Crippen molar-refractivity contribution in [1.29, 1.82) is 0 Å². The number of benzene rings is 2. The lowest BCUT2D eigenvalue weighted by Gasteiger charge is -2.14. The van der Waals surface area contributed by atoms with Crippen LogP contribution in [0.2, 0.25) is 5.02 Å². The van der Waals surface area contributed by atoms with Gasteiger partial charge in [0.25, 0.3) is 5.91 Å². The lowest BCUT2D eigenvalue weighted by molar-refractivity contribution is 0.0944. The van der Waals surface area contributed by atoms with Crippen molar-refractivity contribution >= 4 is 56.5 Å². The number of carbonyl (C=O) groups excluding carboxylic acids is 1. The fraction of sp³-hybridized carbons (Fsp3) is 0.125. The van der Waals surface area contributed by atoms with Gasteiger partial charge in [-0.3, -0.25) is 15.6 Å². The van der Waals surface area contributed by atoms with Gasteiger partial charge in [0.15, 0.2) is 5.11 Å². The van der Waals surface area contributed by atoms with E-state index in [1.807, 2.05) is 32.0 Å². The van der Waals surface area contributed by atoms with E-state index in [0.717, 1.165) is 21.3 Å². The molecule has 0 saturated carbocycles. The van der Waals surface area contributed by atoms with Crippen LogP contribution in [-0.2, 0) is 0 Å². The van der Waals surface area contributed by atoms with E-state index in [4.69, 9.17) is 23.8 Å². The molecule has 0 heterocycles. The van der Waals surface area contributed by atoms with Crippen molar-refractivity contribution in [2.24, 2.45) is 0 Å². The van der Waals surface area contributed by atoms with Crippen molar-refractivity contribution in [2.75, 3.05) is 5.32 Å². The van der Waals surface area contributed by atoms with Crippen molar-refractivity contribution in [2.45, 2.75) is 13.8 Å². The molecule has 0 aliphatic heterocycles. The molecule has 4 nitrogen and oxygen atoms in total. The number of hydrogen-bond donors (Lipinski definition) is 3. The standard InChI is InChI=1S/C16H15BrClN3OS/c1-9-4-3-5-14(10(9)2)19-16(23)21-20-15(22)12-8-11(17)6-7-13(12)18/h3-8H,1-2H3,(H,20,22)(H2,19,21,23). The summed E-state index contributed by atoms with van der Waals surface area (Å²) in [6, 6.07) is 10.9. The molecule has 1 amide bonds. The third-order valence-electron chi connectivity index (χ3n) is 3.32. The predicted molar refractivity (Wildman–Crippen MR) is 102 cm³/mol. The first kappa shape index (κ1) is 17.7. The summed E-state index contributed by atoms with van der Waals surface area (Å²) in [6.45, 7) is 4.02. The van der Waals surface area contributed by atoms with E-state index >= 15 is 0 Å². The lowest BCUT2D eigenvalue weighted by atomic mass is 10.1. The quantitative estimate of drug-likeness (QED) is 0.507. The van der Waals surface area contributed by atoms with Crippen LogP contribution in [0.3, 0.4) is 0 Å². The lowest BCUT2D eigenvalue weighted by Crippen LogP contribution is -2.43. The highest BCUT2D eigenvalue weighted by molar-refractivity contribution is 9.10. The molecular formula is C16H15BrClN3OS. The van der Waals surface area contributed by atoms with Gasteiger partial charge in [-0.1, -0.05) is 39.7 Å². The summed E-state index contributed by atoms with van der Waals surface area (Å²) >= 11 is 14.5. The van der Waals surface area contributed by atoms with Gasteiger partial charge < -0.3 is 5.32 Å². The molecule has 2 aromatic rings. The number of rotatable bonds is 2. The van der Waals surface area contributed by atoms with Crippen LogP contribution in [0.25, 0.3) is 0 Å². The monoisotopic (exact) mass is 411 g/mol. The van der Waals surface area contributed by atoms with E-state index in [2.05, 4.69) is 32.1 Å². The number of halogens is 2. The zero-order valence-corrected chi connectivity index (χ0v) is 15.7. The second-order valence-electron chi connectivity index (χ2n) is 4.90. The fourth-order valence-corrected chi connectivity index (χ4v) is 2.62. The first-order valence-corrected chi connectivity index (χ1v) is 8.35. The fourth-order valence-electron chi connectivity index (χ4n) is 1.89. The number of nitrogens with one attached hydrogen (secondary N) is 3. The Labute approximate surface area is 153 Å². The molecule has 120 valence electrons. The Hall–Kier alpha value is -1.63. The highest BCUT2D eigenvalue weighted by atomic mass is 79.9. The van der Waals surface area contributed by atoms with Gasteiger partial charge in [0.1, 0.15) is 0 Å². The van der Waals surface area contributed by atoms with Gasteiger partial charge in [-0.25, -0.2) is 0 Å². The average Bonchev–Trinajstić information content (AvgIpc) is 2.52. The summed E-state index contributed by atoms with van der Waals surface area (Å²) in [5, 5.41) is 3.70. The molecule has 0 fully saturated rings. The van der Waals surface area contributed by atoms with Gasteiger partial charge in [-0.15, -0.1) is 0 Å². The van der Waals surface area contributed by atoms with Crippen molar-refractivity contribution in [3.05, 3.63) is 62.6 Å². The van der Waals surface area contributed by atoms with Gasteiger partial charge in [0.05, 0.1) is 10.6 Å². The highest BCUT2D eigenvalue weighted by Crippen LogP contribution is 2.21. The average molecular weight is 413 g/mol. The van der Waals surface area contributed by atoms with Gasteiger partial charge in [0, 0.05) is 10.2 Å². The van der Waals surface area contributed by atoms with Crippen LogP contribution in [0, 0.1) is 13.8 Å². The molecule has 0 bridgehead atoms. The van der Waals surface area contributed by atoms with Gasteiger partial charge in [-0.05, 0) is 61.5 Å². The summed E-state index contributed by atoms with van der Waals surface area (Å²) in [5.41, 5.74) is 8.68. The van der Waals surface area contributed by atoms with Crippen LogP contribution in [0.15, 0.2) is 40.9 Å². The number of amides is 1. The molecule has 0 aromatic heterocycles. The summed E-state index contributed by atoms with van der Waals surface area (Å²) in [7, 11) is 0. The van der Waals surface area contributed by atoms with E-state index < -0.39 is 0 Å². The van der Waals surface area contributed by atoms with Crippen molar-refractivity contribution in [1.82, 2.24) is 10.9 Å². The maximum absolute atomic E-state index is 12.1. The van der Waals surface area contributed by atoms with E-state index in [1.165, 1.54) is 0 Å². The minimum atomic E-state index is -0.374. The molecular weight excluding hydrogens is 398 g/mol. The zero-order valence-electron chi connectivity index (χ0n) is 12.5. The second-order valence-corrected chi connectivity index (χ2v) is 6.64. The number of aryl methyl sites for hydroxylation is 1. The highest BCUT2D eigenvalue weighted by Gasteiger charge is 2.11. The Morgan fingerprint density at radius 1 is 1.17 bits per heavy atom. The van der Waals surface area contributed by atoms with Crippen LogP contribution in [-0.4, -0.2) is 11.0 Å². The molecule has 0 aliphatic carbocycles. The Balaban J connectivity index is 1.98. The topological polar surface area (TPSA) is 53.2 Å². The number of anilines is 1. The van der Waals surface area contributed by atoms with Crippen LogP contribution in [0.1, 0.15) is 21.5 Å². The van der Waals surface area contributed by atoms with Crippen LogP contribution < -0.4 is 16.2 Å². The maximum Gasteiger partial charge on any atom is 0.271 e. The first-order chi connectivity index (χ1) is 10.9. The predicted octanol–water partition coefficient (Wildman–Crippen LogP) is 4.35. The molecule has 23 heavy (non-hydrogen) atoms. The van der Waals surface area contributed by atoms with Gasteiger partial charge in [-0.2, -0.15) is 0 Å². The Kier molecular flexibility index (Phi) is 5.98. The smallest absolute Gasteiger partial charge is 0.271 e. The van der Waals surface area contributed by atoms with E-state index in [1.54, 1.807) is 18.2 Å². The number of thiocarbonyl (C=S) groups is 1. The van der Waals surface area contributed by atoms with Crippen LogP contribution >= 0.6 is 39.7 Å². The van der Waals surface area contributed by atoms with E-state index in [9.17, 15) is 4.79 Å². The van der Waals surface area contributed by atoms with Crippen molar-refractivity contribution in [3.8, 4) is 0 Å².